The van der Waals surface area contributed by atoms with Gasteiger partial charge in [0, 0.05) is 31.7 Å². The van der Waals surface area contributed by atoms with E-state index in [4.69, 9.17) is 17.3 Å². The van der Waals surface area contributed by atoms with Crippen molar-refractivity contribution in [2.45, 2.75) is 38.4 Å². The van der Waals surface area contributed by atoms with Gasteiger partial charge in [-0.1, -0.05) is 18.5 Å². The Hall–Kier alpha value is -1.11. The first-order valence-corrected chi connectivity index (χ1v) is 6.74. The molecular formula is C12H19ClN4O2. The molecule has 0 aliphatic carbocycles. The molecule has 3 N–H and O–H groups in total. The molecule has 2 atom stereocenters. The van der Waals surface area contributed by atoms with Gasteiger partial charge in [0.05, 0.1) is 5.69 Å². The molecule has 1 aliphatic heterocycles. The van der Waals surface area contributed by atoms with Gasteiger partial charge in [0.2, 0.25) is 0 Å². The van der Waals surface area contributed by atoms with Gasteiger partial charge < -0.3 is 10.8 Å². The quantitative estimate of drug-likeness (QED) is 0.848. The van der Waals surface area contributed by atoms with Gasteiger partial charge in [0.1, 0.15) is 11.2 Å². The summed E-state index contributed by atoms with van der Waals surface area (Å²) in [6.45, 7) is 3.07. The number of carbonyl (C=O) groups is 1. The van der Waals surface area contributed by atoms with Gasteiger partial charge in [-0.3, -0.25) is 14.4 Å². The molecule has 0 spiro atoms. The molecule has 1 saturated heterocycles. The minimum absolute atomic E-state index is 0.0957. The molecule has 1 aliphatic rings. The van der Waals surface area contributed by atoms with Crippen molar-refractivity contribution < 1.29 is 9.90 Å². The van der Waals surface area contributed by atoms with E-state index in [1.807, 2.05) is 11.8 Å². The van der Waals surface area contributed by atoms with Crippen molar-refractivity contribution in [3.05, 3.63) is 16.4 Å². The maximum Gasteiger partial charge on any atom is 0.320 e. The van der Waals surface area contributed by atoms with Crippen LogP contribution in [0, 0.1) is 0 Å². The summed E-state index contributed by atoms with van der Waals surface area (Å²) in [5.74, 6) is -0.828. The van der Waals surface area contributed by atoms with Gasteiger partial charge in [0.15, 0.2) is 0 Å². The molecule has 106 valence electrons. The van der Waals surface area contributed by atoms with E-state index >= 15 is 0 Å². The fraction of sp³-hybridized carbons (Fsp3) is 0.667. The zero-order chi connectivity index (χ0) is 14.2. The number of likely N-dealkylation sites (tertiary alicyclic amines) is 1. The molecule has 7 heteroatoms. The van der Waals surface area contributed by atoms with Gasteiger partial charge in [-0.25, -0.2) is 0 Å². The first kappa shape index (κ1) is 14.3. The number of rotatable bonds is 4. The Morgan fingerprint density at radius 1 is 1.63 bits per heavy atom. The topological polar surface area (TPSA) is 84.4 Å². The number of hydrogen-bond donors (Lipinski definition) is 2. The highest BCUT2D eigenvalue weighted by Gasteiger charge is 2.36. The van der Waals surface area contributed by atoms with Gasteiger partial charge in [-0.05, 0) is 12.8 Å². The van der Waals surface area contributed by atoms with Gasteiger partial charge >= 0.3 is 5.97 Å². The number of nitrogens with zero attached hydrogens (tertiary/aromatic N) is 3. The maximum absolute atomic E-state index is 11.2. The third-order valence-corrected chi connectivity index (χ3v) is 4.04. The van der Waals surface area contributed by atoms with Crippen molar-refractivity contribution in [3.63, 3.8) is 0 Å². The predicted molar refractivity (Wildman–Crippen MR) is 72.0 cm³/mol. The zero-order valence-corrected chi connectivity index (χ0v) is 11.9. The lowest BCUT2D eigenvalue weighted by Crippen LogP contribution is -2.35. The molecule has 19 heavy (non-hydrogen) atoms. The van der Waals surface area contributed by atoms with Gasteiger partial charge in [-0.2, -0.15) is 5.10 Å². The molecule has 1 aromatic rings. The summed E-state index contributed by atoms with van der Waals surface area (Å²) in [5.41, 5.74) is 7.69. The molecule has 2 heterocycles. The largest absolute Gasteiger partial charge is 0.480 e. The number of nitrogens with two attached hydrogens (primary N) is 1. The smallest absolute Gasteiger partial charge is 0.320 e. The summed E-state index contributed by atoms with van der Waals surface area (Å²) in [6, 6.07) is -0.627. The minimum atomic E-state index is -0.828. The summed E-state index contributed by atoms with van der Waals surface area (Å²) in [6.07, 6.45) is 1.25. The lowest BCUT2D eigenvalue weighted by Gasteiger charge is -2.20. The van der Waals surface area contributed by atoms with Crippen LogP contribution in [-0.2, 0) is 24.8 Å². The summed E-state index contributed by atoms with van der Waals surface area (Å²) in [7, 11) is 1.79. The van der Waals surface area contributed by atoms with E-state index < -0.39 is 12.0 Å². The van der Waals surface area contributed by atoms with Crippen LogP contribution in [-0.4, -0.2) is 44.4 Å². The molecule has 0 radical (unpaired) electrons. The van der Waals surface area contributed by atoms with Gasteiger partial charge in [0.25, 0.3) is 0 Å². The monoisotopic (exact) mass is 286 g/mol. The molecular weight excluding hydrogens is 268 g/mol. The molecule has 0 unspecified atom stereocenters. The minimum Gasteiger partial charge on any atom is -0.480 e. The second-order valence-corrected chi connectivity index (χ2v) is 5.33. The summed E-state index contributed by atoms with van der Waals surface area (Å²) < 4.78 is 1.63. The van der Waals surface area contributed by atoms with E-state index in [0.29, 0.717) is 24.7 Å². The Morgan fingerprint density at radius 3 is 2.89 bits per heavy atom. The van der Waals surface area contributed by atoms with Crippen LogP contribution < -0.4 is 5.73 Å². The zero-order valence-electron chi connectivity index (χ0n) is 11.1. The maximum atomic E-state index is 11.2. The Morgan fingerprint density at radius 2 is 2.32 bits per heavy atom. The Bertz CT molecular complexity index is 488. The standard InChI is InChI=1S/C12H19ClN4O2/c1-3-9-8(11(13)16(2)15-9)6-17-5-7(14)4-10(17)12(18)19/h7,10H,3-6,14H2,1-2H3,(H,18,19)/t7-,10-/m0/s1. The van der Waals surface area contributed by atoms with E-state index in [2.05, 4.69) is 5.10 Å². The van der Waals surface area contributed by atoms with Crippen LogP contribution >= 0.6 is 11.6 Å². The van der Waals surface area contributed by atoms with Crippen LogP contribution in [0.5, 0.6) is 0 Å². The van der Waals surface area contributed by atoms with E-state index in [9.17, 15) is 9.90 Å². The van der Waals surface area contributed by atoms with E-state index in [0.717, 1.165) is 17.7 Å². The first-order chi connectivity index (χ1) is 8.93. The number of halogens is 1. The van der Waals surface area contributed by atoms with E-state index in [-0.39, 0.29) is 6.04 Å². The molecule has 0 aromatic carbocycles. The molecule has 2 rings (SSSR count). The lowest BCUT2D eigenvalue weighted by molar-refractivity contribution is -0.142. The second kappa shape index (κ2) is 5.48. The molecule has 0 saturated carbocycles. The highest BCUT2D eigenvalue weighted by molar-refractivity contribution is 6.30. The van der Waals surface area contributed by atoms with E-state index in [1.165, 1.54) is 0 Å². The summed E-state index contributed by atoms with van der Waals surface area (Å²) in [5, 5.41) is 14.1. The fourth-order valence-electron chi connectivity index (χ4n) is 2.61. The molecule has 1 fully saturated rings. The van der Waals surface area contributed by atoms with E-state index in [1.54, 1.807) is 11.7 Å². The van der Waals surface area contributed by atoms with Crippen molar-refractivity contribution in [3.8, 4) is 0 Å². The van der Waals surface area contributed by atoms with Crippen LogP contribution in [0.25, 0.3) is 0 Å². The fourth-order valence-corrected chi connectivity index (χ4v) is 2.82. The number of carboxylic acid groups (broad SMARTS) is 1. The van der Waals surface area contributed by atoms with Crippen molar-refractivity contribution in [1.82, 2.24) is 14.7 Å². The molecule has 1 aromatic heterocycles. The number of aromatic nitrogens is 2. The molecule has 0 bridgehead atoms. The van der Waals surface area contributed by atoms with Crippen molar-refractivity contribution in [1.29, 1.82) is 0 Å². The summed E-state index contributed by atoms with van der Waals surface area (Å²) in [4.78, 5) is 13.1. The Kier molecular flexibility index (Phi) is 4.13. The average Bonchev–Trinajstić information content (AvgIpc) is 2.84. The first-order valence-electron chi connectivity index (χ1n) is 6.36. The molecule has 6 nitrogen and oxygen atoms in total. The number of carboxylic acids is 1. The third kappa shape index (κ3) is 2.75. The number of aryl methyl sites for hydroxylation is 2. The van der Waals surface area contributed by atoms with Crippen molar-refractivity contribution in [2.24, 2.45) is 12.8 Å². The number of aliphatic carboxylic acids is 1. The van der Waals surface area contributed by atoms with Crippen LogP contribution in [0.2, 0.25) is 5.15 Å². The Labute approximate surface area is 117 Å². The van der Waals surface area contributed by atoms with Crippen LogP contribution in [0.4, 0.5) is 0 Å². The lowest BCUT2D eigenvalue weighted by atomic mass is 10.1. The van der Waals surface area contributed by atoms with Crippen LogP contribution in [0.15, 0.2) is 0 Å². The highest BCUT2D eigenvalue weighted by Crippen LogP contribution is 2.26. The van der Waals surface area contributed by atoms with Crippen molar-refractivity contribution in [2.75, 3.05) is 6.54 Å². The Balaban J connectivity index is 2.23. The molecule has 0 amide bonds. The van der Waals surface area contributed by atoms with Crippen LogP contribution in [0.3, 0.4) is 0 Å². The second-order valence-electron chi connectivity index (χ2n) is 4.97. The third-order valence-electron chi connectivity index (χ3n) is 3.57. The number of hydrogen-bond acceptors (Lipinski definition) is 4. The SMILES string of the molecule is CCc1nn(C)c(Cl)c1CN1C[C@@H](N)C[C@H]1C(=O)O. The predicted octanol–water partition coefficient (Wildman–Crippen LogP) is 0.622. The summed E-state index contributed by atoms with van der Waals surface area (Å²) >= 11 is 6.23. The normalized spacial score (nSPS) is 24.0. The average molecular weight is 287 g/mol. The van der Waals surface area contributed by atoms with Crippen molar-refractivity contribution >= 4 is 17.6 Å². The van der Waals surface area contributed by atoms with Crippen LogP contribution in [0.1, 0.15) is 24.6 Å². The van der Waals surface area contributed by atoms with Gasteiger partial charge in [-0.15, -0.1) is 0 Å². The highest BCUT2D eigenvalue weighted by atomic mass is 35.5.